The topological polar surface area (TPSA) is 54.3 Å². The minimum atomic E-state index is -1.06. The third kappa shape index (κ3) is 3.79. The number of hydrogen-bond acceptors (Lipinski definition) is 3. The van der Waals surface area contributed by atoms with Gasteiger partial charge in [0.15, 0.2) is 0 Å². The molecule has 1 aromatic carbocycles. The third-order valence-corrected chi connectivity index (χ3v) is 4.21. The van der Waals surface area contributed by atoms with Crippen LogP contribution in [0.2, 0.25) is 0 Å². The minimum absolute atomic E-state index is 0.0155. The van der Waals surface area contributed by atoms with Gasteiger partial charge in [0.1, 0.15) is 5.82 Å². The SMILES string of the molecule is O=C([O-])CCc1ccc(-c2ccc(F)cc2)n1C[C@H]1CCCO1. The maximum atomic E-state index is 13.1. The molecule has 1 fully saturated rings. The van der Waals surface area contributed by atoms with Crippen LogP contribution in [0.15, 0.2) is 36.4 Å². The summed E-state index contributed by atoms with van der Waals surface area (Å²) in [6.45, 7) is 1.45. The maximum Gasteiger partial charge on any atom is 0.123 e. The molecule has 0 aliphatic carbocycles. The van der Waals surface area contributed by atoms with Crippen molar-refractivity contribution in [2.24, 2.45) is 0 Å². The van der Waals surface area contributed by atoms with E-state index in [0.717, 1.165) is 36.4 Å². The van der Waals surface area contributed by atoms with E-state index in [2.05, 4.69) is 4.57 Å². The summed E-state index contributed by atoms with van der Waals surface area (Å²) < 4.78 is 20.9. The Morgan fingerprint density at radius 1 is 1.26 bits per heavy atom. The Kier molecular flexibility index (Phi) is 4.76. The van der Waals surface area contributed by atoms with Crippen LogP contribution in [-0.2, 0) is 22.5 Å². The van der Waals surface area contributed by atoms with E-state index in [9.17, 15) is 14.3 Å². The molecular formula is C18H19FNO3-. The molecule has 1 aromatic heterocycles. The number of halogens is 1. The van der Waals surface area contributed by atoms with Crippen LogP contribution in [0.1, 0.15) is 25.0 Å². The summed E-state index contributed by atoms with van der Waals surface area (Å²) in [6, 6.07) is 10.2. The summed E-state index contributed by atoms with van der Waals surface area (Å²) in [6.07, 6.45) is 2.59. The average Bonchev–Trinajstić information content (AvgIpc) is 3.17. The largest absolute Gasteiger partial charge is 0.550 e. The molecule has 3 rings (SSSR count). The van der Waals surface area contributed by atoms with Crippen LogP contribution in [-0.4, -0.2) is 23.2 Å². The minimum Gasteiger partial charge on any atom is -0.550 e. The monoisotopic (exact) mass is 316 g/mol. The lowest BCUT2D eigenvalue weighted by molar-refractivity contribution is -0.305. The number of carbonyl (C=O) groups is 1. The molecule has 0 amide bonds. The Hall–Kier alpha value is -2.14. The Bertz CT molecular complexity index is 672. The number of carboxylic acids is 1. The van der Waals surface area contributed by atoms with Gasteiger partial charge >= 0.3 is 0 Å². The standard InChI is InChI=1S/C18H20FNO3/c19-14-5-3-13(4-6-14)17-9-7-15(8-10-18(21)22)20(17)12-16-2-1-11-23-16/h3-7,9,16H,1-2,8,10-12H2,(H,21,22)/p-1/t16-/m1/s1. The first-order valence-corrected chi connectivity index (χ1v) is 7.89. The van der Waals surface area contributed by atoms with Gasteiger partial charge in [0.2, 0.25) is 0 Å². The molecule has 0 N–H and O–H groups in total. The highest BCUT2D eigenvalue weighted by Crippen LogP contribution is 2.26. The molecule has 23 heavy (non-hydrogen) atoms. The van der Waals surface area contributed by atoms with Gasteiger partial charge in [0.25, 0.3) is 0 Å². The van der Waals surface area contributed by atoms with E-state index < -0.39 is 5.97 Å². The highest BCUT2D eigenvalue weighted by atomic mass is 19.1. The van der Waals surface area contributed by atoms with E-state index in [4.69, 9.17) is 4.74 Å². The first-order valence-electron chi connectivity index (χ1n) is 7.89. The van der Waals surface area contributed by atoms with Crippen LogP contribution in [0.5, 0.6) is 0 Å². The summed E-state index contributed by atoms with van der Waals surface area (Å²) in [5, 5.41) is 10.8. The molecule has 1 aliphatic heterocycles. The average molecular weight is 316 g/mol. The Morgan fingerprint density at radius 2 is 2.04 bits per heavy atom. The van der Waals surface area contributed by atoms with Crippen LogP contribution < -0.4 is 5.11 Å². The fourth-order valence-corrected chi connectivity index (χ4v) is 3.04. The van der Waals surface area contributed by atoms with Crippen LogP contribution in [0.4, 0.5) is 4.39 Å². The number of hydrogen-bond donors (Lipinski definition) is 0. The zero-order valence-corrected chi connectivity index (χ0v) is 12.8. The number of rotatable bonds is 6. The van der Waals surface area contributed by atoms with Gasteiger partial charge < -0.3 is 19.2 Å². The zero-order valence-electron chi connectivity index (χ0n) is 12.8. The number of carbonyl (C=O) groups excluding carboxylic acids is 1. The van der Waals surface area contributed by atoms with Crippen molar-refractivity contribution in [2.45, 2.75) is 38.3 Å². The Labute approximate surface area is 134 Å². The van der Waals surface area contributed by atoms with Gasteiger partial charge in [-0.3, -0.25) is 0 Å². The number of aliphatic carboxylic acids is 1. The fourth-order valence-electron chi connectivity index (χ4n) is 3.04. The molecular weight excluding hydrogens is 297 g/mol. The van der Waals surface area contributed by atoms with Gasteiger partial charge in [0.05, 0.1) is 6.10 Å². The van der Waals surface area contributed by atoms with Crippen LogP contribution >= 0.6 is 0 Å². The molecule has 0 unspecified atom stereocenters. The molecule has 2 heterocycles. The second kappa shape index (κ2) is 6.96. The Morgan fingerprint density at radius 3 is 2.70 bits per heavy atom. The maximum absolute atomic E-state index is 13.1. The fraction of sp³-hybridized carbons (Fsp3) is 0.389. The van der Waals surface area contributed by atoms with Gasteiger partial charge in [-0.15, -0.1) is 0 Å². The molecule has 0 spiro atoms. The predicted molar refractivity (Wildman–Crippen MR) is 82.1 cm³/mol. The quantitative estimate of drug-likeness (QED) is 0.820. The molecule has 2 aromatic rings. The van der Waals surface area contributed by atoms with Crippen molar-refractivity contribution in [3.63, 3.8) is 0 Å². The van der Waals surface area contributed by atoms with E-state index in [1.54, 1.807) is 12.1 Å². The summed E-state index contributed by atoms with van der Waals surface area (Å²) in [5.74, 6) is -1.33. The van der Waals surface area contributed by atoms with Crippen LogP contribution in [0.3, 0.4) is 0 Å². The molecule has 1 saturated heterocycles. The van der Waals surface area contributed by atoms with Gasteiger partial charge in [-0.25, -0.2) is 4.39 Å². The molecule has 1 atom stereocenters. The number of aryl methyl sites for hydroxylation is 1. The second-order valence-electron chi connectivity index (χ2n) is 5.83. The van der Waals surface area contributed by atoms with Gasteiger partial charge in [-0.1, -0.05) is 0 Å². The van der Waals surface area contributed by atoms with Crippen LogP contribution in [0.25, 0.3) is 11.3 Å². The zero-order chi connectivity index (χ0) is 16.2. The van der Waals surface area contributed by atoms with Crippen molar-refractivity contribution in [3.8, 4) is 11.3 Å². The predicted octanol–water partition coefficient (Wildman–Crippen LogP) is 2.16. The number of nitrogens with zero attached hydrogens (tertiary/aromatic N) is 1. The van der Waals surface area contributed by atoms with Crippen molar-refractivity contribution in [1.82, 2.24) is 4.57 Å². The van der Waals surface area contributed by atoms with Gasteiger partial charge in [0, 0.05) is 30.5 Å². The molecule has 0 saturated carbocycles. The van der Waals surface area contributed by atoms with Crippen LogP contribution in [0, 0.1) is 5.82 Å². The number of carboxylic acid groups (broad SMARTS) is 1. The van der Waals surface area contributed by atoms with Crippen molar-refractivity contribution >= 4 is 5.97 Å². The van der Waals surface area contributed by atoms with E-state index in [1.165, 1.54) is 12.1 Å². The lowest BCUT2D eigenvalue weighted by Crippen LogP contribution is -2.23. The highest BCUT2D eigenvalue weighted by Gasteiger charge is 2.19. The van der Waals surface area contributed by atoms with E-state index in [-0.39, 0.29) is 18.3 Å². The first kappa shape index (κ1) is 15.7. The summed E-state index contributed by atoms with van der Waals surface area (Å²) in [7, 11) is 0. The van der Waals surface area contributed by atoms with Crippen molar-refractivity contribution in [1.29, 1.82) is 0 Å². The van der Waals surface area contributed by atoms with Crippen molar-refractivity contribution < 1.29 is 19.0 Å². The first-order chi connectivity index (χ1) is 11.1. The van der Waals surface area contributed by atoms with E-state index in [0.29, 0.717) is 13.0 Å². The van der Waals surface area contributed by atoms with E-state index >= 15 is 0 Å². The lowest BCUT2D eigenvalue weighted by atomic mass is 10.1. The lowest BCUT2D eigenvalue weighted by Gasteiger charge is -2.18. The third-order valence-electron chi connectivity index (χ3n) is 4.21. The number of benzene rings is 1. The normalized spacial score (nSPS) is 17.5. The molecule has 0 bridgehead atoms. The molecule has 5 heteroatoms. The molecule has 0 radical (unpaired) electrons. The van der Waals surface area contributed by atoms with E-state index in [1.807, 2.05) is 12.1 Å². The molecule has 122 valence electrons. The second-order valence-corrected chi connectivity index (χ2v) is 5.83. The van der Waals surface area contributed by atoms with Crippen molar-refractivity contribution in [2.75, 3.05) is 6.61 Å². The summed E-state index contributed by atoms with van der Waals surface area (Å²) in [4.78, 5) is 10.8. The van der Waals surface area contributed by atoms with Crippen molar-refractivity contribution in [3.05, 3.63) is 47.9 Å². The smallest absolute Gasteiger partial charge is 0.123 e. The summed E-state index contributed by atoms with van der Waals surface area (Å²) >= 11 is 0. The Balaban J connectivity index is 1.90. The van der Waals surface area contributed by atoms with Gasteiger partial charge in [-0.2, -0.15) is 0 Å². The summed E-state index contributed by atoms with van der Waals surface area (Å²) in [5.41, 5.74) is 2.79. The number of ether oxygens (including phenoxy) is 1. The highest BCUT2D eigenvalue weighted by molar-refractivity contribution is 5.65. The molecule has 4 nitrogen and oxygen atoms in total. The van der Waals surface area contributed by atoms with Gasteiger partial charge in [-0.05, 0) is 67.6 Å². The molecule has 1 aliphatic rings. The number of aromatic nitrogens is 1.